The summed E-state index contributed by atoms with van der Waals surface area (Å²) in [4.78, 5) is 24.5. The van der Waals surface area contributed by atoms with Crippen molar-refractivity contribution in [3.8, 4) is 0 Å². The molecule has 1 aromatic rings. The van der Waals surface area contributed by atoms with Crippen LogP contribution in [-0.2, 0) is 20.7 Å². The van der Waals surface area contributed by atoms with Gasteiger partial charge in [-0.2, -0.15) is 0 Å². The summed E-state index contributed by atoms with van der Waals surface area (Å²) < 4.78 is 6.11. The van der Waals surface area contributed by atoms with Crippen molar-refractivity contribution in [3.63, 3.8) is 0 Å². The van der Waals surface area contributed by atoms with E-state index in [1.54, 1.807) is 0 Å². The number of rotatable bonds is 4. The van der Waals surface area contributed by atoms with Gasteiger partial charge in [0.25, 0.3) is 0 Å². The van der Waals surface area contributed by atoms with Gasteiger partial charge in [0.1, 0.15) is 6.10 Å². The highest BCUT2D eigenvalue weighted by atomic mass is 16.5. The Balaban J connectivity index is 1.23. The number of allylic oxidation sites excluding steroid dienone is 1. The van der Waals surface area contributed by atoms with Crippen molar-refractivity contribution in [2.45, 2.75) is 77.2 Å². The standard InChI is InChI=1S/C27H34O3/c1-27-16-15-22-21-11-9-20(28)17-19(21)8-10-23(22)24(27)12-13-25(27)30-26(29)14-7-18-5-3-2-4-6-18/h2-6,17,21-25H,7-16H2,1H3/t21-,22-,23-,24+,25-,27+/m1/s1. The molecule has 6 atom stereocenters. The Kier molecular flexibility index (Phi) is 5.33. The van der Waals surface area contributed by atoms with Crippen LogP contribution < -0.4 is 0 Å². The average Bonchev–Trinajstić information content (AvgIpc) is 3.09. The lowest BCUT2D eigenvalue weighted by Crippen LogP contribution is -2.48. The maximum Gasteiger partial charge on any atom is 0.306 e. The third-order valence-electron chi connectivity index (χ3n) is 8.95. The van der Waals surface area contributed by atoms with Crippen molar-refractivity contribution in [3.05, 3.63) is 47.5 Å². The highest BCUT2D eigenvalue weighted by Gasteiger charge is 2.57. The molecule has 3 fully saturated rings. The summed E-state index contributed by atoms with van der Waals surface area (Å²) in [6.45, 7) is 2.39. The number of fused-ring (bicyclic) bond motifs is 5. The monoisotopic (exact) mass is 406 g/mol. The minimum Gasteiger partial charge on any atom is -0.462 e. The Morgan fingerprint density at radius 3 is 2.70 bits per heavy atom. The molecule has 3 nitrogen and oxygen atoms in total. The molecular formula is C27H34O3. The van der Waals surface area contributed by atoms with Gasteiger partial charge in [-0.05, 0) is 86.7 Å². The van der Waals surface area contributed by atoms with E-state index in [2.05, 4.69) is 19.1 Å². The van der Waals surface area contributed by atoms with Crippen LogP contribution in [0.1, 0.15) is 70.3 Å². The second kappa shape index (κ2) is 7.98. The lowest BCUT2D eigenvalue weighted by molar-refractivity contribution is -0.158. The minimum atomic E-state index is -0.0347. The predicted molar refractivity (Wildman–Crippen MR) is 117 cm³/mol. The van der Waals surface area contributed by atoms with Crippen molar-refractivity contribution in [1.82, 2.24) is 0 Å². The van der Waals surface area contributed by atoms with Crippen LogP contribution in [-0.4, -0.2) is 17.9 Å². The molecule has 160 valence electrons. The first-order chi connectivity index (χ1) is 14.5. The van der Waals surface area contributed by atoms with Gasteiger partial charge in [-0.15, -0.1) is 0 Å². The normalized spacial score (nSPS) is 37.6. The van der Waals surface area contributed by atoms with Crippen LogP contribution in [0, 0.1) is 29.1 Å². The second-order valence-electron chi connectivity index (χ2n) is 10.4. The summed E-state index contributed by atoms with van der Waals surface area (Å²) in [6.07, 6.45) is 12.0. The predicted octanol–water partition coefficient (Wildman–Crippen LogP) is 5.67. The smallest absolute Gasteiger partial charge is 0.306 e. The van der Waals surface area contributed by atoms with Gasteiger partial charge in [0.15, 0.2) is 5.78 Å². The third-order valence-corrected chi connectivity index (χ3v) is 8.95. The molecular weight excluding hydrogens is 372 g/mol. The molecule has 0 radical (unpaired) electrons. The Labute approximate surface area is 180 Å². The quantitative estimate of drug-likeness (QED) is 0.605. The first-order valence-electron chi connectivity index (χ1n) is 12.0. The van der Waals surface area contributed by atoms with Gasteiger partial charge >= 0.3 is 5.97 Å². The number of benzene rings is 1. The number of hydrogen-bond donors (Lipinski definition) is 0. The number of hydrogen-bond acceptors (Lipinski definition) is 3. The van der Waals surface area contributed by atoms with Gasteiger partial charge in [-0.1, -0.05) is 42.8 Å². The molecule has 4 aliphatic carbocycles. The summed E-state index contributed by atoms with van der Waals surface area (Å²) in [5, 5.41) is 0. The van der Waals surface area contributed by atoms with Crippen LogP contribution in [0.4, 0.5) is 0 Å². The Morgan fingerprint density at radius 2 is 1.87 bits per heavy atom. The van der Waals surface area contributed by atoms with E-state index in [1.807, 2.05) is 24.3 Å². The summed E-state index contributed by atoms with van der Waals surface area (Å²) >= 11 is 0. The number of carbonyl (C=O) groups is 2. The maximum atomic E-state index is 12.6. The van der Waals surface area contributed by atoms with E-state index < -0.39 is 0 Å². The molecule has 30 heavy (non-hydrogen) atoms. The third kappa shape index (κ3) is 3.55. The van der Waals surface area contributed by atoms with Crippen molar-refractivity contribution in [2.75, 3.05) is 0 Å². The largest absolute Gasteiger partial charge is 0.462 e. The number of esters is 1. The Bertz CT molecular complexity index is 841. The van der Waals surface area contributed by atoms with E-state index in [0.29, 0.717) is 24.0 Å². The van der Waals surface area contributed by atoms with E-state index in [-0.39, 0.29) is 17.5 Å². The van der Waals surface area contributed by atoms with Crippen LogP contribution >= 0.6 is 0 Å². The van der Waals surface area contributed by atoms with Crippen LogP contribution in [0.5, 0.6) is 0 Å². The van der Waals surface area contributed by atoms with Crippen molar-refractivity contribution in [1.29, 1.82) is 0 Å². The molecule has 0 bridgehead atoms. The van der Waals surface area contributed by atoms with E-state index in [4.69, 9.17) is 4.74 Å². The summed E-state index contributed by atoms with van der Waals surface area (Å²) in [5.74, 6) is 3.09. The van der Waals surface area contributed by atoms with Crippen LogP contribution in [0.2, 0.25) is 0 Å². The first kappa shape index (κ1) is 20.0. The topological polar surface area (TPSA) is 43.4 Å². The van der Waals surface area contributed by atoms with Gasteiger partial charge in [0.2, 0.25) is 0 Å². The fraction of sp³-hybridized carbons (Fsp3) is 0.630. The Hall–Kier alpha value is -1.90. The second-order valence-corrected chi connectivity index (χ2v) is 10.4. The summed E-state index contributed by atoms with van der Waals surface area (Å²) in [7, 11) is 0. The van der Waals surface area contributed by atoms with Crippen LogP contribution in [0.15, 0.2) is 42.0 Å². The molecule has 0 spiro atoms. The summed E-state index contributed by atoms with van der Waals surface area (Å²) in [5.41, 5.74) is 2.77. The van der Waals surface area contributed by atoms with E-state index in [0.717, 1.165) is 50.4 Å². The molecule has 0 heterocycles. The molecule has 0 unspecified atom stereocenters. The molecule has 5 rings (SSSR count). The van der Waals surface area contributed by atoms with E-state index >= 15 is 0 Å². The van der Waals surface area contributed by atoms with Crippen LogP contribution in [0.25, 0.3) is 0 Å². The summed E-state index contributed by atoms with van der Waals surface area (Å²) in [6, 6.07) is 10.2. The first-order valence-corrected chi connectivity index (χ1v) is 12.0. The minimum absolute atomic E-state index is 0.0347. The zero-order valence-electron chi connectivity index (χ0n) is 18.1. The highest BCUT2D eigenvalue weighted by Crippen LogP contribution is 2.62. The maximum absolute atomic E-state index is 12.6. The molecule has 3 saturated carbocycles. The zero-order valence-corrected chi connectivity index (χ0v) is 18.1. The lowest BCUT2D eigenvalue weighted by Gasteiger charge is -2.53. The number of ether oxygens (including phenoxy) is 1. The highest BCUT2D eigenvalue weighted by molar-refractivity contribution is 5.91. The zero-order chi connectivity index (χ0) is 20.7. The SMILES string of the molecule is C[C@]12CC[C@H]3[C@@H](CCC4=CC(=O)CC[C@H]43)[C@@H]1CC[C@H]2OC(=O)CCc1ccccc1. The van der Waals surface area contributed by atoms with Gasteiger partial charge in [-0.25, -0.2) is 0 Å². The van der Waals surface area contributed by atoms with Crippen LogP contribution in [0.3, 0.4) is 0 Å². The number of ketones is 1. The van der Waals surface area contributed by atoms with Crippen molar-refractivity contribution < 1.29 is 14.3 Å². The van der Waals surface area contributed by atoms with Crippen molar-refractivity contribution in [2.24, 2.45) is 29.1 Å². The molecule has 0 amide bonds. The van der Waals surface area contributed by atoms with E-state index in [9.17, 15) is 9.59 Å². The average molecular weight is 407 g/mol. The van der Waals surface area contributed by atoms with Gasteiger partial charge in [0.05, 0.1) is 0 Å². The molecule has 0 aliphatic heterocycles. The molecule has 1 aromatic carbocycles. The van der Waals surface area contributed by atoms with Gasteiger partial charge in [-0.3, -0.25) is 9.59 Å². The number of aryl methyl sites for hydroxylation is 1. The van der Waals surface area contributed by atoms with Crippen molar-refractivity contribution >= 4 is 11.8 Å². The van der Waals surface area contributed by atoms with Gasteiger partial charge < -0.3 is 4.74 Å². The molecule has 0 saturated heterocycles. The van der Waals surface area contributed by atoms with E-state index in [1.165, 1.54) is 30.4 Å². The molecule has 0 N–H and O–H groups in total. The molecule has 4 aliphatic rings. The van der Waals surface area contributed by atoms with Gasteiger partial charge in [0, 0.05) is 18.3 Å². The molecule has 3 heteroatoms. The fourth-order valence-electron chi connectivity index (χ4n) is 7.43. The lowest BCUT2D eigenvalue weighted by atomic mass is 9.52. The number of carbonyl (C=O) groups excluding carboxylic acids is 2. The fourth-order valence-corrected chi connectivity index (χ4v) is 7.43. The molecule has 0 aromatic heterocycles. The Morgan fingerprint density at radius 1 is 1.03 bits per heavy atom.